The lowest BCUT2D eigenvalue weighted by atomic mass is 10.0. The third kappa shape index (κ3) is 2.25. The van der Waals surface area contributed by atoms with Crippen LogP contribution in [0, 0.1) is 6.92 Å². The minimum atomic E-state index is 0.176. The van der Waals surface area contributed by atoms with Gasteiger partial charge in [-0.3, -0.25) is 4.98 Å². The van der Waals surface area contributed by atoms with Gasteiger partial charge in [0.2, 0.25) is 0 Å². The van der Waals surface area contributed by atoms with Crippen LogP contribution in [0.1, 0.15) is 30.5 Å². The van der Waals surface area contributed by atoms with Gasteiger partial charge in [0.15, 0.2) is 0 Å². The quantitative estimate of drug-likeness (QED) is 0.842. The Morgan fingerprint density at radius 1 is 1.56 bits per heavy atom. The lowest BCUT2D eigenvalue weighted by Gasteiger charge is -2.20. The van der Waals surface area contributed by atoms with E-state index in [9.17, 15) is 0 Å². The highest BCUT2D eigenvalue weighted by Crippen LogP contribution is 2.27. The second-order valence-corrected chi connectivity index (χ2v) is 3.97. The zero-order valence-electron chi connectivity index (χ0n) is 9.86. The number of pyridine rings is 1. The molecule has 86 valence electrons. The van der Waals surface area contributed by atoms with Crippen LogP contribution in [-0.2, 0) is 4.74 Å². The first-order valence-electron chi connectivity index (χ1n) is 5.79. The Labute approximate surface area is 96.5 Å². The second kappa shape index (κ2) is 5.12. The summed E-state index contributed by atoms with van der Waals surface area (Å²) in [7, 11) is 0. The third-order valence-electron chi connectivity index (χ3n) is 2.80. The van der Waals surface area contributed by atoms with Gasteiger partial charge in [0, 0.05) is 18.8 Å². The molecule has 3 nitrogen and oxygen atoms in total. The van der Waals surface area contributed by atoms with E-state index in [-0.39, 0.29) is 6.04 Å². The Hall–Kier alpha value is -1.35. The Bertz CT molecular complexity index is 387. The summed E-state index contributed by atoms with van der Waals surface area (Å²) in [5, 5.41) is 3.46. The molecule has 1 aromatic rings. The molecule has 0 amide bonds. The first kappa shape index (κ1) is 11.1. The van der Waals surface area contributed by atoms with Crippen molar-refractivity contribution in [3.8, 4) is 0 Å². The Morgan fingerprint density at radius 3 is 3.06 bits per heavy atom. The van der Waals surface area contributed by atoms with Gasteiger partial charge in [0.05, 0.1) is 12.6 Å². The van der Waals surface area contributed by atoms with E-state index in [1.807, 2.05) is 12.4 Å². The topological polar surface area (TPSA) is 34.1 Å². The van der Waals surface area contributed by atoms with Gasteiger partial charge in [-0.05, 0) is 36.7 Å². The number of aryl methyl sites for hydroxylation is 1. The maximum atomic E-state index is 5.66. The summed E-state index contributed by atoms with van der Waals surface area (Å²) in [6, 6.07) is 2.24. The van der Waals surface area contributed by atoms with Crippen LogP contribution in [-0.4, -0.2) is 18.1 Å². The Morgan fingerprint density at radius 2 is 2.44 bits per heavy atom. The summed E-state index contributed by atoms with van der Waals surface area (Å²) in [6.45, 7) is 5.93. The highest BCUT2D eigenvalue weighted by Gasteiger charge is 2.21. The van der Waals surface area contributed by atoms with Gasteiger partial charge in [-0.15, -0.1) is 0 Å². The normalized spacial score (nSPS) is 16.8. The SMILES string of the molecule is CCNC(C1=CCCO1)c1ccncc1C. The van der Waals surface area contributed by atoms with Crippen molar-refractivity contribution < 1.29 is 4.74 Å². The summed E-state index contributed by atoms with van der Waals surface area (Å²) in [5.74, 6) is 1.05. The van der Waals surface area contributed by atoms with E-state index in [4.69, 9.17) is 4.74 Å². The molecule has 0 aromatic carbocycles. The smallest absolute Gasteiger partial charge is 0.114 e. The molecule has 1 aliphatic heterocycles. The molecule has 0 radical (unpaired) electrons. The molecule has 0 saturated heterocycles. The van der Waals surface area contributed by atoms with Gasteiger partial charge in [0.1, 0.15) is 5.76 Å². The number of nitrogens with one attached hydrogen (secondary N) is 1. The van der Waals surface area contributed by atoms with Gasteiger partial charge < -0.3 is 10.1 Å². The van der Waals surface area contributed by atoms with Crippen molar-refractivity contribution in [1.82, 2.24) is 10.3 Å². The molecule has 1 N–H and O–H groups in total. The van der Waals surface area contributed by atoms with Crippen molar-refractivity contribution in [2.45, 2.75) is 26.3 Å². The predicted octanol–water partition coefficient (Wildman–Crippen LogP) is 2.34. The van der Waals surface area contributed by atoms with Crippen molar-refractivity contribution in [1.29, 1.82) is 0 Å². The largest absolute Gasteiger partial charge is 0.496 e. The molecule has 1 aromatic heterocycles. The molecule has 2 heterocycles. The zero-order valence-corrected chi connectivity index (χ0v) is 9.86. The van der Waals surface area contributed by atoms with Crippen LogP contribution < -0.4 is 5.32 Å². The van der Waals surface area contributed by atoms with E-state index in [0.29, 0.717) is 0 Å². The molecule has 0 spiro atoms. The van der Waals surface area contributed by atoms with Crippen molar-refractivity contribution in [3.05, 3.63) is 41.4 Å². The van der Waals surface area contributed by atoms with Crippen molar-refractivity contribution in [3.63, 3.8) is 0 Å². The average Bonchev–Trinajstić information content (AvgIpc) is 2.80. The van der Waals surface area contributed by atoms with Crippen LogP contribution in [0.2, 0.25) is 0 Å². The minimum absolute atomic E-state index is 0.176. The minimum Gasteiger partial charge on any atom is -0.496 e. The molecule has 0 bridgehead atoms. The summed E-state index contributed by atoms with van der Waals surface area (Å²) in [4.78, 5) is 4.13. The van der Waals surface area contributed by atoms with Crippen LogP contribution in [0.3, 0.4) is 0 Å². The second-order valence-electron chi connectivity index (χ2n) is 3.97. The molecule has 0 aliphatic carbocycles. The molecule has 16 heavy (non-hydrogen) atoms. The Balaban J connectivity index is 2.28. The molecule has 1 atom stereocenters. The molecule has 2 rings (SSSR count). The molecule has 0 fully saturated rings. The highest BCUT2D eigenvalue weighted by molar-refractivity contribution is 5.31. The van der Waals surface area contributed by atoms with Crippen LogP contribution >= 0.6 is 0 Å². The lowest BCUT2D eigenvalue weighted by Crippen LogP contribution is -2.23. The molecular weight excluding hydrogens is 200 g/mol. The first-order chi connectivity index (χ1) is 7.83. The van der Waals surface area contributed by atoms with E-state index < -0.39 is 0 Å². The number of likely N-dealkylation sites (N-methyl/N-ethyl adjacent to an activating group) is 1. The fraction of sp³-hybridized carbons (Fsp3) is 0.462. The van der Waals surface area contributed by atoms with Gasteiger partial charge in [-0.25, -0.2) is 0 Å². The molecule has 1 unspecified atom stereocenters. The number of rotatable bonds is 4. The van der Waals surface area contributed by atoms with E-state index in [2.05, 4.69) is 36.3 Å². The predicted molar refractivity (Wildman–Crippen MR) is 64.0 cm³/mol. The fourth-order valence-corrected chi connectivity index (χ4v) is 2.01. The lowest BCUT2D eigenvalue weighted by molar-refractivity contribution is 0.216. The zero-order chi connectivity index (χ0) is 11.4. The van der Waals surface area contributed by atoms with Crippen LogP contribution in [0.5, 0.6) is 0 Å². The standard InChI is InChI=1S/C13H18N2O/c1-3-15-13(12-5-4-8-16-12)11-6-7-14-9-10(11)2/h5-7,9,13,15H,3-4,8H2,1-2H3. The van der Waals surface area contributed by atoms with E-state index in [1.165, 1.54) is 11.1 Å². The summed E-state index contributed by atoms with van der Waals surface area (Å²) >= 11 is 0. The molecule has 0 saturated carbocycles. The van der Waals surface area contributed by atoms with Crippen molar-refractivity contribution in [2.75, 3.05) is 13.2 Å². The monoisotopic (exact) mass is 218 g/mol. The molecular formula is C13H18N2O. The third-order valence-corrected chi connectivity index (χ3v) is 2.80. The van der Waals surface area contributed by atoms with E-state index in [1.54, 1.807) is 0 Å². The molecule has 1 aliphatic rings. The Kier molecular flexibility index (Phi) is 3.57. The summed E-state index contributed by atoms with van der Waals surface area (Å²) < 4.78 is 5.66. The maximum Gasteiger partial charge on any atom is 0.114 e. The molecule has 3 heteroatoms. The van der Waals surface area contributed by atoms with Gasteiger partial charge in [-0.2, -0.15) is 0 Å². The van der Waals surface area contributed by atoms with Crippen molar-refractivity contribution in [2.24, 2.45) is 0 Å². The first-order valence-corrected chi connectivity index (χ1v) is 5.79. The summed E-state index contributed by atoms with van der Waals surface area (Å²) in [6.07, 6.45) is 6.92. The number of hydrogen-bond donors (Lipinski definition) is 1. The van der Waals surface area contributed by atoms with Gasteiger partial charge in [0.25, 0.3) is 0 Å². The van der Waals surface area contributed by atoms with Crippen LogP contribution in [0.25, 0.3) is 0 Å². The van der Waals surface area contributed by atoms with Crippen LogP contribution in [0.15, 0.2) is 30.3 Å². The fourth-order valence-electron chi connectivity index (χ4n) is 2.01. The van der Waals surface area contributed by atoms with E-state index >= 15 is 0 Å². The van der Waals surface area contributed by atoms with Gasteiger partial charge in [-0.1, -0.05) is 6.92 Å². The van der Waals surface area contributed by atoms with Gasteiger partial charge >= 0.3 is 0 Å². The van der Waals surface area contributed by atoms with Crippen molar-refractivity contribution >= 4 is 0 Å². The number of aromatic nitrogens is 1. The number of nitrogens with zero attached hydrogens (tertiary/aromatic N) is 1. The number of ether oxygens (including phenoxy) is 1. The maximum absolute atomic E-state index is 5.66. The highest BCUT2D eigenvalue weighted by atomic mass is 16.5. The van der Waals surface area contributed by atoms with E-state index in [0.717, 1.165) is 25.3 Å². The number of hydrogen-bond acceptors (Lipinski definition) is 3. The average molecular weight is 218 g/mol. The van der Waals surface area contributed by atoms with Crippen LogP contribution in [0.4, 0.5) is 0 Å². The summed E-state index contributed by atoms with van der Waals surface area (Å²) in [5.41, 5.74) is 2.45.